The van der Waals surface area contributed by atoms with Gasteiger partial charge in [0.05, 0.1) is 19.3 Å². The van der Waals surface area contributed by atoms with Crippen LogP contribution >= 0.6 is 0 Å². The quantitative estimate of drug-likeness (QED) is 0.693. The zero-order valence-electron chi connectivity index (χ0n) is 7.41. The van der Waals surface area contributed by atoms with Crippen molar-refractivity contribution >= 4 is 5.97 Å². The highest BCUT2D eigenvalue weighted by atomic mass is 16.4. The van der Waals surface area contributed by atoms with Gasteiger partial charge < -0.3 is 9.52 Å². The minimum absolute atomic E-state index is 0.0795. The van der Waals surface area contributed by atoms with Crippen molar-refractivity contribution in [2.45, 2.75) is 19.9 Å². The van der Waals surface area contributed by atoms with Gasteiger partial charge in [-0.15, -0.1) is 0 Å². The van der Waals surface area contributed by atoms with E-state index in [4.69, 9.17) is 9.52 Å². The van der Waals surface area contributed by atoms with Crippen LogP contribution in [0.15, 0.2) is 10.6 Å². The van der Waals surface area contributed by atoms with Gasteiger partial charge in [-0.2, -0.15) is 0 Å². The highest BCUT2D eigenvalue weighted by Gasteiger charge is 2.02. The summed E-state index contributed by atoms with van der Waals surface area (Å²) in [6, 6.07) is 0. The number of carboxylic acids is 1. The van der Waals surface area contributed by atoms with Gasteiger partial charge in [-0.3, -0.25) is 10.1 Å². The molecule has 5 heteroatoms. The number of rotatable bonds is 5. The van der Waals surface area contributed by atoms with E-state index in [-0.39, 0.29) is 6.54 Å². The molecule has 1 aromatic heterocycles. The zero-order valence-corrected chi connectivity index (χ0v) is 7.41. The third kappa shape index (κ3) is 3.25. The summed E-state index contributed by atoms with van der Waals surface area (Å²) in [4.78, 5) is 14.1. The molecule has 1 heterocycles. The minimum atomic E-state index is -0.887. The second-order valence-corrected chi connectivity index (χ2v) is 2.57. The fraction of sp³-hybridized carbons (Fsp3) is 0.500. The normalized spacial score (nSPS) is 10.2. The van der Waals surface area contributed by atoms with E-state index in [1.54, 1.807) is 6.20 Å². The topological polar surface area (TPSA) is 75.4 Å². The van der Waals surface area contributed by atoms with Crippen LogP contribution in [0.5, 0.6) is 0 Å². The van der Waals surface area contributed by atoms with Crippen LogP contribution in [0.2, 0.25) is 0 Å². The lowest BCUT2D eigenvalue weighted by atomic mass is 10.4. The highest BCUT2D eigenvalue weighted by molar-refractivity contribution is 5.68. The summed E-state index contributed by atoms with van der Waals surface area (Å²) in [6.07, 6.45) is 2.45. The molecule has 0 amide bonds. The predicted molar refractivity (Wildman–Crippen MR) is 45.2 cm³/mol. The largest absolute Gasteiger partial charge is 0.480 e. The summed E-state index contributed by atoms with van der Waals surface area (Å²) in [5.74, 6) is 0.451. The first-order valence-corrected chi connectivity index (χ1v) is 4.08. The minimum Gasteiger partial charge on any atom is -0.480 e. The van der Waals surface area contributed by atoms with E-state index in [0.29, 0.717) is 12.4 Å². The van der Waals surface area contributed by atoms with Crippen molar-refractivity contribution < 1.29 is 14.3 Å². The average molecular weight is 184 g/mol. The lowest BCUT2D eigenvalue weighted by Crippen LogP contribution is -2.21. The van der Waals surface area contributed by atoms with Crippen LogP contribution in [0, 0.1) is 0 Å². The number of oxazole rings is 1. The molecule has 0 aliphatic rings. The maximum Gasteiger partial charge on any atom is 0.317 e. The molecule has 1 aromatic rings. The molecule has 0 aromatic carbocycles. The van der Waals surface area contributed by atoms with Crippen LogP contribution in [0.4, 0.5) is 0 Å². The monoisotopic (exact) mass is 184 g/mol. The fourth-order valence-electron chi connectivity index (χ4n) is 0.870. The van der Waals surface area contributed by atoms with E-state index in [1.165, 1.54) is 0 Å². The lowest BCUT2D eigenvalue weighted by Gasteiger charge is -1.95. The summed E-state index contributed by atoms with van der Waals surface area (Å²) in [5.41, 5.74) is 0. The molecule has 0 aliphatic heterocycles. The Morgan fingerprint density at radius 2 is 2.54 bits per heavy atom. The number of aromatic nitrogens is 1. The molecule has 0 saturated heterocycles. The SMILES string of the molecule is CCc1cnc(CNCC(=O)O)o1. The van der Waals surface area contributed by atoms with E-state index in [0.717, 1.165) is 12.2 Å². The molecule has 0 radical (unpaired) electrons. The first-order chi connectivity index (χ1) is 6.22. The molecule has 5 nitrogen and oxygen atoms in total. The van der Waals surface area contributed by atoms with Crippen molar-refractivity contribution in [3.8, 4) is 0 Å². The van der Waals surface area contributed by atoms with E-state index in [2.05, 4.69) is 10.3 Å². The first-order valence-electron chi connectivity index (χ1n) is 4.08. The molecule has 0 fully saturated rings. The smallest absolute Gasteiger partial charge is 0.317 e. The molecular weight excluding hydrogens is 172 g/mol. The Balaban J connectivity index is 2.32. The molecule has 0 atom stereocenters. The van der Waals surface area contributed by atoms with Crippen molar-refractivity contribution in [3.63, 3.8) is 0 Å². The van der Waals surface area contributed by atoms with Crippen LogP contribution in [0.3, 0.4) is 0 Å². The summed E-state index contributed by atoms with van der Waals surface area (Å²) in [5, 5.41) is 11.0. The molecule has 0 bridgehead atoms. The van der Waals surface area contributed by atoms with Crippen LogP contribution in [0.1, 0.15) is 18.6 Å². The molecule has 0 aliphatic carbocycles. The van der Waals surface area contributed by atoms with Gasteiger partial charge in [-0.25, -0.2) is 4.98 Å². The zero-order chi connectivity index (χ0) is 9.68. The Morgan fingerprint density at radius 1 is 1.77 bits per heavy atom. The fourth-order valence-corrected chi connectivity index (χ4v) is 0.870. The third-order valence-corrected chi connectivity index (χ3v) is 1.50. The molecule has 13 heavy (non-hydrogen) atoms. The number of carbonyl (C=O) groups is 1. The van der Waals surface area contributed by atoms with Gasteiger partial charge in [-0.1, -0.05) is 6.92 Å². The molecule has 0 saturated carbocycles. The Hall–Kier alpha value is -1.36. The molecule has 0 unspecified atom stereocenters. The molecule has 1 rings (SSSR count). The highest BCUT2D eigenvalue weighted by Crippen LogP contribution is 2.03. The van der Waals surface area contributed by atoms with Crippen LogP contribution in [-0.4, -0.2) is 22.6 Å². The van der Waals surface area contributed by atoms with Crippen LogP contribution < -0.4 is 5.32 Å². The van der Waals surface area contributed by atoms with Crippen LogP contribution in [0.25, 0.3) is 0 Å². The maximum atomic E-state index is 10.1. The van der Waals surface area contributed by atoms with E-state index >= 15 is 0 Å². The van der Waals surface area contributed by atoms with Gasteiger partial charge >= 0.3 is 5.97 Å². The second kappa shape index (κ2) is 4.61. The number of nitrogens with zero attached hydrogens (tertiary/aromatic N) is 1. The number of nitrogens with one attached hydrogen (secondary N) is 1. The third-order valence-electron chi connectivity index (χ3n) is 1.50. The van der Waals surface area contributed by atoms with Gasteiger partial charge in [0.25, 0.3) is 0 Å². The van der Waals surface area contributed by atoms with Crippen LogP contribution in [-0.2, 0) is 17.8 Å². The number of hydrogen-bond donors (Lipinski definition) is 2. The Kier molecular flexibility index (Phi) is 3.45. The van der Waals surface area contributed by atoms with Gasteiger partial charge in [0, 0.05) is 6.42 Å². The van der Waals surface area contributed by atoms with Gasteiger partial charge in [0.15, 0.2) is 0 Å². The van der Waals surface area contributed by atoms with Gasteiger partial charge in [0.1, 0.15) is 5.76 Å². The van der Waals surface area contributed by atoms with E-state index in [9.17, 15) is 4.79 Å². The predicted octanol–water partition coefficient (Wildman–Crippen LogP) is 0.411. The van der Waals surface area contributed by atoms with Crippen molar-refractivity contribution in [2.75, 3.05) is 6.54 Å². The summed E-state index contributed by atoms with van der Waals surface area (Å²) >= 11 is 0. The van der Waals surface area contributed by atoms with Crippen molar-refractivity contribution in [1.82, 2.24) is 10.3 Å². The molecule has 2 N–H and O–H groups in total. The number of carboxylic acid groups (broad SMARTS) is 1. The summed E-state index contributed by atoms with van der Waals surface area (Å²) in [6.45, 7) is 2.24. The van der Waals surface area contributed by atoms with Crippen molar-refractivity contribution in [1.29, 1.82) is 0 Å². The van der Waals surface area contributed by atoms with E-state index < -0.39 is 5.97 Å². The maximum absolute atomic E-state index is 10.1. The van der Waals surface area contributed by atoms with Gasteiger partial charge in [-0.05, 0) is 0 Å². The number of hydrogen-bond acceptors (Lipinski definition) is 4. The van der Waals surface area contributed by atoms with Crippen molar-refractivity contribution in [2.24, 2.45) is 0 Å². The van der Waals surface area contributed by atoms with Crippen molar-refractivity contribution in [3.05, 3.63) is 17.8 Å². The van der Waals surface area contributed by atoms with Gasteiger partial charge in [0.2, 0.25) is 5.89 Å². The molecular formula is C8H12N2O3. The Labute approximate surface area is 75.8 Å². The first kappa shape index (κ1) is 9.73. The number of aliphatic carboxylic acids is 1. The standard InChI is InChI=1S/C8H12N2O3/c1-2-6-3-10-7(13-6)4-9-5-8(11)12/h3,9H,2,4-5H2,1H3,(H,11,12). The Morgan fingerprint density at radius 3 is 3.08 bits per heavy atom. The number of aryl methyl sites for hydroxylation is 1. The Bertz CT molecular complexity index is 283. The van der Waals surface area contributed by atoms with E-state index in [1.807, 2.05) is 6.92 Å². The summed E-state index contributed by atoms with van der Waals surface area (Å²) in [7, 11) is 0. The molecule has 0 spiro atoms. The lowest BCUT2D eigenvalue weighted by molar-refractivity contribution is -0.136. The summed E-state index contributed by atoms with van der Waals surface area (Å²) < 4.78 is 5.25. The second-order valence-electron chi connectivity index (χ2n) is 2.57. The molecule has 72 valence electrons. The average Bonchev–Trinajstić information content (AvgIpc) is 2.52.